The summed E-state index contributed by atoms with van der Waals surface area (Å²) in [7, 11) is 0. The van der Waals surface area contributed by atoms with Gasteiger partial charge in [0.1, 0.15) is 6.04 Å². The number of thiophene rings is 1. The molecule has 3 heterocycles. The lowest BCUT2D eigenvalue weighted by atomic mass is 10.0. The first kappa shape index (κ1) is 25.7. The van der Waals surface area contributed by atoms with Crippen LogP contribution in [0.15, 0.2) is 54.1 Å². The Kier molecular flexibility index (Phi) is 8.76. The number of carboxylic acids is 2. The van der Waals surface area contributed by atoms with Gasteiger partial charge in [0.05, 0.1) is 0 Å². The number of aliphatic carboxylic acids is 2. The van der Waals surface area contributed by atoms with Crippen molar-refractivity contribution < 1.29 is 29.4 Å². The first-order valence-corrected chi connectivity index (χ1v) is 11.7. The number of H-pyrrole nitrogens is 1. The second-order valence-corrected chi connectivity index (χ2v) is 8.80. The van der Waals surface area contributed by atoms with E-state index in [-0.39, 0.29) is 11.9 Å². The number of carboxylic acid groups (broad SMARTS) is 2. The van der Waals surface area contributed by atoms with Gasteiger partial charge < -0.3 is 26.2 Å². The van der Waals surface area contributed by atoms with E-state index in [0.29, 0.717) is 38.1 Å². The highest BCUT2D eigenvalue weighted by molar-refractivity contribution is 7.09. The van der Waals surface area contributed by atoms with Crippen LogP contribution in [0.3, 0.4) is 0 Å². The number of imide groups is 1. The first-order chi connectivity index (χ1) is 16.8. The normalized spacial score (nSPS) is 15.3. The molecule has 0 radical (unpaired) electrons. The Balaban J connectivity index is 0.000000371. The van der Waals surface area contributed by atoms with Gasteiger partial charge in [-0.05, 0) is 54.1 Å². The maximum absolute atomic E-state index is 12.7. The maximum Gasteiger partial charge on any atom is 0.328 e. The number of aromatic nitrogens is 1. The molecule has 0 saturated carbocycles. The molecule has 6 N–H and O–H groups in total. The average Bonchev–Trinajstić information content (AvgIpc) is 3.53. The van der Waals surface area contributed by atoms with E-state index in [9.17, 15) is 19.2 Å². The molecule has 1 fully saturated rings. The van der Waals surface area contributed by atoms with Gasteiger partial charge in [-0.15, -0.1) is 11.3 Å². The van der Waals surface area contributed by atoms with Gasteiger partial charge in [0, 0.05) is 47.1 Å². The molecule has 1 aromatic carbocycles. The highest BCUT2D eigenvalue weighted by atomic mass is 32.1. The van der Waals surface area contributed by atoms with E-state index in [0.717, 1.165) is 22.9 Å². The largest absolute Gasteiger partial charge is 0.478 e. The number of nitrogens with zero attached hydrogens (tertiary/aromatic N) is 1. The molecule has 0 bridgehead atoms. The molecule has 0 spiro atoms. The van der Waals surface area contributed by atoms with Crippen LogP contribution >= 0.6 is 11.3 Å². The fourth-order valence-electron chi connectivity index (χ4n) is 3.70. The Morgan fingerprint density at radius 2 is 1.86 bits per heavy atom. The molecular formula is C24H26N4O6S. The Labute approximate surface area is 205 Å². The average molecular weight is 499 g/mol. The quantitative estimate of drug-likeness (QED) is 0.223. The van der Waals surface area contributed by atoms with Gasteiger partial charge in [-0.1, -0.05) is 12.1 Å². The summed E-state index contributed by atoms with van der Waals surface area (Å²) in [5.41, 5.74) is 8.94. The Bertz CT molecular complexity index is 1220. The van der Waals surface area contributed by atoms with E-state index >= 15 is 0 Å². The second-order valence-electron chi connectivity index (χ2n) is 7.77. The molecule has 0 aliphatic carbocycles. The fraction of sp³-hybridized carbons (Fsp3) is 0.250. The summed E-state index contributed by atoms with van der Waals surface area (Å²) >= 11 is 1.64. The molecule has 1 saturated heterocycles. The van der Waals surface area contributed by atoms with E-state index in [1.54, 1.807) is 11.3 Å². The van der Waals surface area contributed by atoms with Crippen LogP contribution in [0.1, 0.15) is 16.0 Å². The van der Waals surface area contributed by atoms with E-state index in [1.807, 2.05) is 35.8 Å². The van der Waals surface area contributed by atoms with Crippen LogP contribution in [0.25, 0.3) is 10.9 Å². The lowest BCUT2D eigenvalue weighted by Crippen LogP contribution is -2.33. The molecule has 1 unspecified atom stereocenters. The van der Waals surface area contributed by atoms with Crippen LogP contribution in [0, 0.1) is 0 Å². The van der Waals surface area contributed by atoms with Crippen molar-refractivity contribution in [2.24, 2.45) is 5.73 Å². The number of hydrogen-bond donors (Lipinski definition) is 5. The van der Waals surface area contributed by atoms with Crippen LogP contribution in [0.5, 0.6) is 0 Å². The number of carbonyl (C=O) groups excluding carboxylic acids is 2. The standard InChI is InChI=1S/C20H22N4O2S.C4H4O4/c21-7-5-14-12-22-17-4-3-13(10-16(14)17)11-18-19(25)24(20(26)23-18)8-6-15-2-1-9-27-15;5-3(6)1-2-4(7)8/h1-4,9-10,12,18,22H,5-8,11,21H2,(H,23,26);1-2H,(H,5,6)(H,7,8). The summed E-state index contributed by atoms with van der Waals surface area (Å²) in [6, 6.07) is 9.29. The van der Waals surface area contributed by atoms with E-state index in [4.69, 9.17) is 15.9 Å². The molecule has 3 aromatic rings. The zero-order chi connectivity index (χ0) is 25.4. The third kappa shape index (κ3) is 7.01. The molecule has 4 rings (SSSR count). The molecule has 3 amide bonds. The SMILES string of the molecule is NCCc1c[nH]c2ccc(CC3NC(=O)N(CCc4cccs4)C3=O)cc12.O=C(O)C=CC(=O)O. The number of fused-ring (bicyclic) bond motifs is 1. The third-order valence-corrected chi connectivity index (χ3v) is 6.26. The van der Waals surface area contributed by atoms with Crippen LogP contribution in [-0.4, -0.2) is 63.1 Å². The lowest BCUT2D eigenvalue weighted by Gasteiger charge is -2.12. The van der Waals surface area contributed by atoms with Crippen LogP contribution in [-0.2, 0) is 33.6 Å². The zero-order valence-electron chi connectivity index (χ0n) is 18.8. The van der Waals surface area contributed by atoms with Gasteiger partial charge in [0.2, 0.25) is 0 Å². The molecule has 1 aliphatic heterocycles. The minimum absolute atomic E-state index is 0.145. The van der Waals surface area contributed by atoms with Crippen molar-refractivity contribution in [2.45, 2.75) is 25.3 Å². The fourth-order valence-corrected chi connectivity index (χ4v) is 4.40. The Morgan fingerprint density at radius 1 is 1.11 bits per heavy atom. The minimum atomic E-state index is -1.26. The summed E-state index contributed by atoms with van der Waals surface area (Å²) in [5.74, 6) is -2.66. The van der Waals surface area contributed by atoms with Gasteiger partial charge >= 0.3 is 18.0 Å². The van der Waals surface area contributed by atoms with Crippen molar-refractivity contribution in [3.05, 3.63) is 70.1 Å². The van der Waals surface area contributed by atoms with Gasteiger partial charge in [0.15, 0.2) is 0 Å². The Morgan fingerprint density at radius 3 is 2.49 bits per heavy atom. The Hall–Kier alpha value is -3.96. The number of aromatic amines is 1. The number of amides is 3. The molecule has 35 heavy (non-hydrogen) atoms. The van der Waals surface area contributed by atoms with Gasteiger partial charge in [0.25, 0.3) is 5.91 Å². The minimum Gasteiger partial charge on any atom is -0.478 e. The predicted octanol–water partition coefficient (Wildman–Crippen LogP) is 2.15. The van der Waals surface area contributed by atoms with Crippen LogP contribution in [0.2, 0.25) is 0 Å². The zero-order valence-corrected chi connectivity index (χ0v) is 19.6. The van der Waals surface area contributed by atoms with Crippen molar-refractivity contribution in [3.63, 3.8) is 0 Å². The number of hydrogen-bond acceptors (Lipinski definition) is 6. The number of rotatable bonds is 9. The first-order valence-electron chi connectivity index (χ1n) is 10.9. The predicted molar refractivity (Wildman–Crippen MR) is 131 cm³/mol. The smallest absolute Gasteiger partial charge is 0.328 e. The van der Waals surface area contributed by atoms with Gasteiger partial charge in [-0.25, -0.2) is 14.4 Å². The second kappa shape index (κ2) is 12.0. The number of carbonyl (C=O) groups is 4. The summed E-state index contributed by atoms with van der Waals surface area (Å²) < 4.78 is 0. The number of nitrogens with one attached hydrogen (secondary N) is 2. The molecule has 1 atom stereocenters. The highest BCUT2D eigenvalue weighted by Crippen LogP contribution is 2.22. The van der Waals surface area contributed by atoms with Crippen molar-refractivity contribution in [1.82, 2.24) is 15.2 Å². The molecule has 10 nitrogen and oxygen atoms in total. The number of benzene rings is 1. The number of nitrogens with two attached hydrogens (primary N) is 1. The summed E-state index contributed by atoms with van der Waals surface area (Å²) in [4.78, 5) is 49.8. The summed E-state index contributed by atoms with van der Waals surface area (Å²) in [6.45, 7) is 1.01. The monoisotopic (exact) mass is 498 g/mol. The summed E-state index contributed by atoms with van der Waals surface area (Å²) in [6.07, 6.45) is 5.09. The molecule has 2 aromatic heterocycles. The van der Waals surface area contributed by atoms with E-state index in [2.05, 4.69) is 16.4 Å². The lowest BCUT2D eigenvalue weighted by molar-refractivity contribution is -0.134. The molecule has 11 heteroatoms. The molecule has 184 valence electrons. The maximum atomic E-state index is 12.7. The number of urea groups is 1. The van der Waals surface area contributed by atoms with Crippen LogP contribution in [0.4, 0.5) is 4.79 Å². The highest BCUT2D eigenvalue weighted by Gasteiger charge is 2.37. The van der Waals surface area contributed by atoms with Crippen molar-refractivity contribution in [3.8, 4) is 0 Å². The van der Waals surface area contributed by atoms with Crippen molar-refractivity contribution in [1.29, 1.82) is 0 Å². The van der Waals surface area contributed by atoms with Crippen molar-refractivity contribution >= 4 is 46.1 Å². The third-order valence-electron chi connectivity index (χ3n) is 5.32. The van der Waals surface area contributed by atoms with Gasteiger partial charge in [-0.2, -0.15) is 0 Å². The van der Waals surface area contributed by atoms with Gasteiger partial charge in [-0.3, -0.25) is 9.69 Å². The van der Waals surface area contributed by atoms with E-state index < -0.39 is 18.0 Å². The summed E-state index contributed by atoms with van der Waals surface area (Å²) in [5, 5.41) is 21.6. The van der Waals surface area contributed by atoms with Crippen molar-refractivity contribution in [2.75, 3.05) is 13.1 Å². The topological polar surface area (TPSA) is 166 Å². The molecular weight excluding hydrogens is 472 g/mol. The van der Waals surface area contributed by atoms with E-state index in [1.165, 1.54) is 15.3 Å². The molecule has 1 aliphatic rings. The van der Waals surface area contributed by atoms with Crippen LogP contribution < -0.4 is 11.1 Å².